The number of rotatable bonds is 3. The smallest absolute Gasteiger partial charge is 0.409 e. The van der Waals surface area contributed by atoms with Crippen molar-refractivity contribution in [1.29, 1.82) is 0 Å². The van der Waals surface area contributed by atoms with Gasteiger partial charge < -0.3 is 15.3 Å². The van der Waals surface area contributed by atoms with E-state index in [4.69, 9.17) is 11.6 Å². The fraction of sp³-hybridized carbons (Fsp3) is 0.125. The van der Waals surface area contributed by atoms with Gasteiger partial charge in [0.15, 0.2) is 0 Å². The third kappa shape index (κ3) is 3.69. The van der Waals surface area contributed by atoms with Gasteiger partial charge in [0.2, 0.25) is 0 Å². The van der Waals surface area contributed by atoms with Gasteiger partial charge in [-0.1, -0.05) is 28.6 Å². The van der Waals surface area contributed by atoms with Gasteiger partial charge >= 0.3 is 12.0 Å². The summed E-state index contributed by atoms with van der Waals surface area (Å²) < 4.78 is 38.8. The van der Waals surface area contributed by atoms with Crippen molar-refractivity contribution >= 4 is 23.1 Å². The van der Waals surface area contributed by atoms with E-state index in [0.29, 0.717) is 10.9 Å². The second-order valence-electron chi connectivity index (χ2n) is 5.70. The van der Waals surface area contributed by atoms with Crippen molar-refractivity contribution < 1.29 is 23.3 Å². The molecule has 0 unspecified atom stereocenters. The molecule has 28 heavy (non-hydrogen) atoms. The molecule has 3 rings (SSSR count). The molecule has 0 aliphatic heterocycles. The van der Waals surface area contributed by atoms with Crippen LogP contribution in [0.1, 0.15) is 11.1 Å². The average Bonchev–Trinajstić information content (AvgIpc) is 2.94. The fourth-order valence-electron chi connectivity index (χ4n) is 2.36. The van der Waals surface area contributed by atoms with Crippen LogP contribution in [0.4, 0.5) is 24.7 Å². The molecule has 2 aromatic carbocycles. The molecule has 1 N–H and O–H groups in total. The van der Waals surface area contributed by atoms with Crippen molar-refractivity contribution in [1.82, 2.24) is 14.7 Å². The number of nitro groups is 1. The zero-order valence-corrected chi connectivity index (χ0v) is 14.8. The predicted molar refractivity (Wildman–Crippen MR) is 91.8 cm³/mol. The Balaban J connectivity index is 2.23. The van der Waals surface area contributed by atoms with Crippen LogP contribution in [-0.4, -0.2) is 24.9 Å². The summed E-state index contributed by atoms with van der Waals surface area (Å²) in [5.74, 6) is -0.864. The Kier molecular flexibility index (Phi) is 4.86. The third-order valence-corrected chi connectivity index (χ3v) is 3.97. The summed E-state index contributed by atoms with van der Waals surface area (Å²) in [4.78, 5) is 15.1. The first-order chi connectivity index (χ1) is 13.1. The first-order valence-corrected chi connectivity index (χ1v) is 8.00. The van der Waals surface area contributed by atoms with Crippen LogP contribution in [0.25, 0.3) is 5.69 Å². The van der Waals surface area contributed by atoms with Gasteiger partial charge in [0, 0.05) is 0 Å². The van der Waals surface area contributed by atoms with Gasteiger partial charge in [-0.2, -0.15) is 13.2 Å². The van der Waals surface area contributed by atoms with E-state index in [1.165, 1.54) is 12.1 Å². The summed E-state index contributed by atoms with van der Waals surface area (Å²) in [5, 5.41) is 25.4. The summed E-state index contributed by atoms with van der Waals surface area (Å²) in [6, 6.07) is 8.47. The third-order valence-electron chi connectivity index (χ3n) is 3.67. The molecule has 0 fully saturated rings. The monoisotopic (exact) mass is 413 g/mol. The highest BCUT2D eigenvalue weighted by Gasteiger charge is 2.32. The van der Waals surface area contributed by atoms with Gasteiger partial charge in [-0.3, -0.25) is 0 Å². The van der Waals surface area contributed by atoms with E-state index in [2.05, 4.69) is 10.1 Å². The number of nitrogens with zero attached hydrogens (tertiary/aromatic N) is 5. The van der Waals surface area contributed by atoms with E-state index in [-0.39, 0.29) is 21.2 Å². The van der Waals surface area contributed by atoms with Crippen LogP contribution < -0.4 is 5.49 Å². The average molecular weight is 414 g/mol. The summed E-state index contributed by atoms with van der Waals surface area (Å²) in [5.41, 5.74) is -0.940. The number of hydrogen-bond donors (Lipinski definition) is 1. The molecule has 12 heteroatoms. The standard InChI is InChI=1S/C16H11ClF3N5O3/c1-9-5-6-13(12(17)7-9)21-14-15(25(27)28)22-23(24(14)26)11-4-2-3-10(8-11)16(18,19)20/h2-8,26H,1H3. The van der Waals surface area contributed by atoms with Crippen LogP contribution in [0, 0.1) is 17.0 Å². The minimum atomic E-state index is -4.64. The first kappa shape index (κ1) is 19.4. The second-order valence-corrected chi connectivity index (χ2v) is 6.11. The van der Waals surface area contributed by atoms with Crippen LogP contribution in [0.3, 0.4) is 0 Å². The van der Waals surface area contributed by atoms with Crippen molar-refractivity contribution in [3.8, 4) is 5.69 Å². The number of aromatic nitrogens is 3. The summed E-state index contributed by atoms with van der Waals surface area (Å²) in [6.45, 7) is 1.77. The zero-order chi connectivity index (χ0) is 20.6. The van der Waals surface area contributed by atoms with Crippen LogP contribution in [0.2, 0.25) is 5.02 Å². The van der Waals surface area contributed by atoms with Crippen molar-refractivity contribution in [2.24, 2.45) is 4.99 Å². The zero-order valence-electron chi connectivity index (χ0n) is 14.1. The molecular formula is C16H11ClF3N5O3. The molecule has 0 saturated heterocycles. The minimum absolute atomic E-state index is 0.113. The Morgan fingerprint density at radius 1 is 1.25 bits per heavy atom. The molecule has 0 bridgehead atoms. The van der Waals surface area contributed by atoms with Gasteiger partial charge in [0.25, 0.3) is 5.49 Å². The van der Waals surface area contributed by atoms with Gasteiger partial charge in [-0.05, 0) is 52.5 Å². The lowest BCUT2D eigenvalue weighted by Crippen LogP contribution is -2.22. The van der Waals surface area contributed by atoms with Gasteiger partial charge in [-0.25, -0.2) is 4.99 Å². The van der Waals surface area contributed by atoms with E-state index in [9.17, 15) is 28.5 Å². The maximum Gasteiger partial charge on any atom is 0.438 e. The molecule has 0 amide bonds. The molecule has 8 nitrogen and oxygen atoms in total. The second kappa shape index (κ2) is 7.00. The Hall–Kier alpha value is -3.34. The number of halogens is 4. The van der Waals surface area contributed by atoms with Crippen LogP contribution in [0.5, 0.6) is 0 Å². The molecule has 0 aliphatic rings. The normalized spacial score (nSPS) is 12.4. The van der Waals surface area contributed by atoms with Crippen LogP contribution in [-0.2, 0) is 6.18 Å². The predicted octanol–water partition coefficient (Wildman–Crippen LogP) is 4.03. The number of alkyl halides is 3. The van der Waals surface area contributed by atoms with Crippen LogP contribution >= 0.6 is 11.6 Å². The molecule has 1 aromatic heterocycles. The molecule has 0 radical (unpaired) electrons. The van der Waals surface area contributed by atoms with E-state index < -0.39 is 28.0 Å². The topological polar surface area (TPSA) is 98.5 Å². The van der Waals surface area contributed by atoms with Gasteiger partial charge in [0.05, 0.1) is 21.4 Å². The van der Waals surface area contributed by atoms with Crippen molar-refractivity contribution in [3.05, 3.63) is 74.2 Å². The lowest BCUT2D eigenvalue weighted by atomic mass is 10.2. The maximum absolute atomic E-state index is 12.9. The lowest BCUT2D eigenvalue weighted by molar-refractivity contribution is -0.391. The van der Waals surface area contributed by atoms with E-state index in [0.717, 1.165) is 17.7 Å². The Bertz CT molecular complexity index is 1140. The molecule has 0 saturated carbocycles. The Labute approximate surface area is 159 Å². The molecule has 146 valence electrons. The molecule has 1 heterocycles. The molecular weight excluding hydrogens is 403 g/mol. The highest BCUT2D eigenvalue weighted by atomic mass is 35.5. The van der Waals surface area contributed by atoms with Crippen LogP contribution in [0.15, 0.2) is 47.5 Å². The van der Waals surface area contributed by atoms with Gasteiger partial charge in [0.1, 0.15) is 5.69 Å². The lowest BCUT2D eigenvalue weighted by Gasteiger charge is -2.07. The number of aryl methyl sites for hydroxylation is 1. The Morgan fingerprint density at radius 2 is 1.96 bits per heavy atom. The first-order valence-electron chi connectivity index (χ1n) is 7.62. The SMILES string of the molecule is Cc1ccc(N=c2c([N+](=O)[O-])nn(-c3cccc(C(F)(F)F)c3)n2O)c(Cl)c1. The molecule has 3 aromatic rings. The largest absolute Gasteiger partial charge is 0.438 e. The van der Waals surface area contributed by atoms with Crippen molar-refractivity contribution in [3.63, 3.8) is 0 Å². The van der Waals surface area contributed by atoms with Crippen molar-refractivity contribution in [2.75, 3.05) is 0 Å². The number of benzene rings is 2. The quantitative estimate of drug-likeness (QED) is 0.398. The maximum atomic E-state index is 12.9. The fourth-order valence-corrected chi connectivity index (χ4v) is 2.64. The Morgan fingerprint density at radius 3 is 2.57 bits per heavy atom. The molecule has 0 atom stereocenters. The van der Waals surface area contributed by atoms with E-state index in [1.54, 1.807) is 19.1 Å². The molecule has 0 spiro atoms. The summed E-state index contributed by atoms with van der Waals surface area (Å²) in [7, 11) is 0. The summed E-state index contributed by atoms with van der Waals surface area (Å²) in [6.07, 6.45) is -4.64. The highest BCUT2D eigenvalue weighted by molar-refractivity contribution is 6.33. The van der Waals surface area contributed by atoms with E-state index >= 15 is 0 Å². The van der Waals surface area contributed by atoms with Gasteiger partial charge in [-0.15, -0.1) is 0 Å². The van der Waals surface area contributed by atoms with Crippen molar-refractivity contribution in [2.45, 2.75) is 13.1 Å². The van der Waals surface area contributed by atoms with E-state index in [1.807, 2.05) is 0 Å². The molecule has 0 aliphatic carbocycles. The summed E-state index contributed by atoms with van der Waals surface area (Å²) >= 11 is 6.05. The highest BCUT2D eigenvalue weighted by Crippen LogP contribution is 2.30. The number of hydrogen-bond acceptors (Lipinski definition) is 5. The minimum Gasteiger partial charge on any atom is -0.409 e.